The Kier molecular flexibility index (Phi) is 5.77. The summed E-state index contributed by atoms with van der Waals surface area (Å²) in [4.78, 5) is 11.8. The van der Waals surface area contributed by atoms with Crippen molar-refractivity contribution in [3.05, 3.63) is 0 Å². The number of methoxy groups -OCH3 is 1. The smallest absolute Gasteiger partial charge is 0.250 e. The van der Waals surface area contributed by atoms with Gasteiger partial charge < -0.3 is 15.8 Å². The second-order valence-corrected chi connectivity index (χ2v) is 4.69. The zero-order chi connectivity index (χ0) is 12.0. The Balaban J connectivity index is 2.47. The summed E-state index contributed by atoms with van der Waals surface area (Å²) in [7, 11) is 1.52. The number of rotatable bonds is 4. The van der Waals surface area contributed by atoms with Crippen LogP contribution in [0.15, 0.2) is 0 Å². The topological polar surface area (TPSA) is 64.3 Å². The van der Waals surface area contributed by atoms with E-state index in [9.17, 15) is 4.79 Å². The van der Waals surface area contributed by atoms with Crippen LogP contribution < -0.4 is 11.1 Å². The fraction of sp³-hybridized carbons (Fsp3) is 0.917. The van der Waals surface area contributed by atoms with Crippen LogP contribution in [0.5, 0.6) is 0 Å². The van der Waals surface area contributed by atoms with Crippen LogP contribution in [0.2, 0.25) is 0 Å². The highest BCUT2D eigenvalue weighted by molar-refractivity contribution is 5.81. The Morgan fingerprint density at radius 1 is 1.44 bits per heavy atom. The molecule has 0 saturated heterocycles. The van der Waals surface area contributed by atoms with E-state index < -0.39 is 6.10 Å². The molecule has 4 heteroatoms. The Labute approximate surface area is 97.9 Å². The molecule has 0 aromatic rings. The van der Waals surface area contributed by atoms with Gasteiger partial charge >= 0.3 is 0 Å². The van der Waals surface area contributed by atoms with E-state index in [0.29, 0.717) is 12.0 Å². The molecule has 3 unspecified atom stereocenters. The van der Waals surface area contributed by atoms with E-state index in [1.165, 1.54) is 32.8 Å². The molecular weight excluding hydrogens is 204 g/mol. The van der Waals surface area contributed by atoms with Crippen molar-refractivity contribution in [1.29, 1.82) is 0 Å². The molecular formula is C12H24N2O2. The SMILES string of the molecule is COC(CN)C(=O)NC1CCCCCC1C. The van der Waals surface area contributed by atoms with Gasteiger partial charge in [0.1, 0.15) is 6.10 Å². The Morgan fingerprint density at radius 3 is 2.75 bits per heavy atom. The first-order valence-corrected chi connectivity index (χ1v) is 6.22. The quantitative estimate of drug-likeness (QED) is 0.707. The van der Waals surface area contributed by atoms with Gasteiger partial charge in [0, 0.05) is 19.7 Å². The minimum Gasteiger partial charge on any atom is -0.370 e. The van der Waals surface area contributed by atoms with Crippen LogP contribution >= 0.6 is 0 Å². The lowest BCUT2D eigenvalue weighted by molar-refractivity contribution is -0.131. The molecule has 1 aliphatic carbocycles. The van der Waals surface area contributed by atoms with Gasteiger partial charge in [-0.05, 0) is 18.8 Å². The van der Waals surface area contributed by atoms with E-state index in [4.69, 9.17) is 10.5 Å². The maximum Gasteiger partial charge on any atom is 0.250 e. The third-order valence-electron chi connectivity index (χ3n) is 3.48. The summed E-state index contributed by atoms with van der Waals surface area (Å²) in [5.41, 5.74) is 5.47. The zero-order valence-corrected chi connectivity index (χ0v) is 10.4. The number of carbonyl (C=O) groups is 1. The number of hydrogen-bond acceptors (Lipinski definition) is 3. The lowest BCUT2D eigenvalue weighted by atomic mass is 9.97. The molecule has 1 fully saturated rings. The Bertz CT molecular complexity index is 217. The van der Waals surface area contributed by atoms with Crippen LogP contribution in [-0.2, 0) is 9.53 Å². The average molecular weight is 228 g/mol. The van der Waals surface area contributed by atoms with Gasteiger partial charge in [0.25, 0.3) is 5.91 Å². The van der Waals surface area contributed by atoms with Crippen molar-refractivity contribution < 1.29 is 9.53 Å². The molecule has 0 aromatic carbocycles. The van der Waals surface area contributed by atoms with Crippen molar-refractivity contribution in [2.45, 2.75) is 51.2 Å². The molecule has 0 bridgehead atoms. The first kappa shape index (κ1) is 13.5. The summed E-state index contributed by atoms with van der Waals surface area (Å²) >= 11 is 0. The van der Waals surface area contributed by atoms with Gasteiger partial charge in [-0.15, -0.1) is 0 Å². The molecule has 3 atom stereocenters. The normalized spacial score (nSPS) is 28.2. The number of amides is 1. The molecule has 0 heterocycles. The van der Waals surface area contributed by atoms with Crippen LogP contribution in [-0.4, -0.2) is 31.7 Å². The van der Waals surface area contributed by atoms with E-state index in [1.54, 1.807) is 0 Å². The second-order valence-electron chi connectivity index (χ2n) is 4.69. The number of hydrogen-bond donors (Lipinski definition) is 2. The minimum absolute atomic E-state index is 0.0660. The molecule has 0 spiro atoms. The first-order chi connectivity index (χ1) is 7.69. The predicted octanol–water partition coefficient (Wildman–Crippen LogP) is 1.05. The Hall–Kier alpha value is -0.610. The summed E-state index contributed by atoms with van der Waals surface area (Å²) in [5.74, 6) is 0.491. The van der Waals surface area contributed by atoms with Crippen molar-refractivity contribution in [2.75, 3.05) is 13.7 Å². The highest BCUT2D eigenvalue weighted by atomic mass is 16.5. The molecule has 16 heavy (non-hydrogen) atoms. The van der Waals surface area contributed by atoms with Gasteiger partial charge in [-0.2, -0.15) is 0 Å². The van der Waals surface area contributed by atoms with Gasteiger partial charge in [0.05, 0.1) is 0 Å². The molecule has 1 saturated carbocycles. The molecule has 1 amide bonds. The van der Waals surface area contributed by atoms with E-state index in [1.807, 2.05) is 0 Å². The monoisotopic (exact) mass is 228 g/mol. The molecule has 4 nitrogen and oxygen atoms in total. The number of nitrogens with two attached hydrogens (primary N) is 1. The minimum atomic E-state index is -0.504. The van der Waals surface area contributed by atoms with Gasteiger partial charge in [0.15, 0.2) is 0 Å². The molecule has 0 aliphatic heterocycles. The van der Waals surface area contributed by atoms with Crippen LogP contribution in [0.25, 0.3) is 0 Å². The summed E-state index contributed by atoms with van der Waals surface area (Å²) in [6.07, 6.45) is 5.53. The summed E-state index contributed by atoms with van der Waals surface area (Å²) in [6, 6.07) is 0.291. The van der Waals surface area contributed by atoms with Crippen LogP contribution in [0, 0.1) is 5.92 Å². The molecule has 1 aliphatic rings. The van der Waals surface area contributed by atoms with Crippen molar-refractivity contribution in [3.63, 3.8) is 0 Å². The van der Waals surface area contributed by atoms with Gasteiger partial charge in [-0.3, -0.25) is 4.79 Å². The van der Waals surface area contributed by atoms with Gasteiger partial charge in [-0.25, -0.2) is 0 Å². The molecule has 0 aromatic heterocycles. The predicted molar refractivity (Wildman–Crippen MR) is 64.0 cm³/mol. The van der Waals surface area contributed by atoms with Gasteiger partial charge in [0.2, 0.25) is 0 Å². The fourth-order valence-corrected chi connectivity index (χ4v) is 2.29. The highest BCUT2D eigenvalue weighted by Gasteiger charge is 2.24. The summed E-state index contributed by atoms with van der Waals surface area (Å²) in [5, 5.41) is 3.07. The largest absolute Gasteiger partial charge is 0.370 e. The maximum atomic E-state index is 11.8. The lowest BCUT2D eigenvalue weighted by Crippen LogP contribution is -2.47. The molecule has 94 valence electrons. The van der Waals surface area contributed by atoms with E-state index in [0.717, 1.165) is 6.42 Å². The van der Waals surface area contributed by atoms with E-state index in [-0.39, 0.29) is 12.5 Å². The van der Waals surface area contributed by atoms with E-state index >= 15 is 0 Å². The fourth-order valence-electron chi connectivity index (χ4n) is 2.29. The number of carbonyl (C=O) groups excluding carboxylic acids is 1. The first-order valence-electron chi connectivity index (χ1n) is 6.22. The third-order valence-corrected chi connectivity index (χ3v) is 3.48. The van der Waals surface area contributed by atoms with Crippen molar-refractivity contribution in [2.24, 2.45) is 11.7 Å². The van der Waals surface area contributed by atoms with E-state index in [2.05, 4.69) is 12.2 Å². The summed E-state index contributed by atoms with van der Waals surface area (Å²) < 4.78 is 5.03. The van der Waals surface area contributed by atoms with Crippen molar-refractivity contribution in [3.8, 4) is 0 Å². The van der Waals surface area contributed by atoms with Crippen LogP contribution in [0.1, 0.15) is 39.0 Å². The lowest BCUT2D eigenvalue weighted by Gasteiger charge is -2.24. The second kappa shape index (κ2) is 6.86. The average Bonchev–Trinajstić information content (AvgIpc) is 2.46. The highest BCUT2D eigenvalue weighted by Crippen LogP contribution is 2.22. The molecule has 3 N–H and O–H groups in total. The standard InChI is InChI=1S/C12H24N2O2/c1-9-6-4-3-5-7-10(9)14-12(15)11(8-13)16-2/h9-11H,3-8,13H2,1-2H3,(H,14,15). The number of ether oxygens (including phenoxy) is 1. The maximum absolute atomic E-state index is 11.8. The third kappa shape index (κ3) is 3.76. The van der Waals surface area contributed by atoms with Gasteiger partial charge in [-0.1, -0.05) is 26.2 Å². The molecule has 0 radical (unpaired) electrons. The molecule has 1 rings (SSSR count). The summed E-state index contributed by atoms with van der Waals surface area (Å²) in [6.45, 7) is 2.45. The van der Waals surface area contributed by atoms with Crippen LogP contribution in [0.3, 0.4) is 0 Å². The Morgan fingerprint density at radius 2 is 2.12 bits per heavy atom. The van der Waals surface area contributed by atoms with Crippen molar-refractivity contribution in [1.82, 2.24) is 5.32 Å². The number of nitrogens with one attached hydrogen (secondary N) is 1. The van der Waals surface area contributed by atoms with Crippen molar-refractivity contribution >= 4 is 5.91 Å². The zero-order valence-electron chi connectivity index (χ0n) is 10.4. The van der Waals surface area contributed by atoms with Crippen LogP contribution in [0.4, 0.5) is 0 Å².